The SMILES string of the molecule is O=C(COC(=O)Cc1cccc(C(F)(F)F)c1)Nc1ccccc1Sc1ccc(Cl)cc1. The Morgan fingerprint density at radius 2 is 1.69 bits per heavy atom. The third-order valence-electron chi connectivity index (χ3n) is 4.17. The molecule has 3 aromatic carbocycles. The van der Waals surface area contributed by atoms with Crippen molar-refractivity contribution in [2.45, 2.75) is 22.4 Å². The molecule has 4 nitrogen and oxygen atoms in total. The van der Waals surface area contributed by atoms with Gasteiger partial charge in [-0.15, -0.1) is 0 Å². The number of amides is 1. The van der Waals surface area contributed by atoms with E-state index in [9.17, 15) is 22.8 Å². The fourth-order valence-corrected chi connectivity index (χ4v) is 3.72. The molecule has 1 N–H and O–H groups in total. The van der Waals surface area contributed by atoms with E-state index >= 15 is 0 Å². The molecule has 0 saturated carbocycles. The summed E-state index contributed by atoms with van der Waals surface area (Å²) in [6.07, 6.45) is -4.88. The number of hydrogen-bond donors (Lipinski definition) is 1. The van der Waals surface area contributed by atoms with Crippen LogP contribution in [0, 0.1) is 0 Å². The Labute approximate surface area is 191 Å². The molecular formula is C23H17ClF3NO3S. The van der Waals surface area contributed by atoms with Crippen LogP contribution in [0.5, 0.6) is 0 Å². The minimum Gasteiger partial charge on any atom is -0.455 e. The normalized spacial score (nSPS) is 11.1. The number of carbonyl (C=O) groups is 2. The van der Waals surface area contributed by atoms with Crippen LogP contribution in [0.3, 0.4) is 0 Å². The Morgan fingerprint density at radius 3 is 2.41 bits per heavy atom. The highest BCUT2D eigenvalue weighted by Gasteiger charge is 2.30. The molecule has 0 aromatic heterocycles. The highest BCUT2D eigenvalue weighted by Crippen LogP contribution is 2.34. The van der Waals surface area contributed by atoms with Crippen LogP contribution in [0.15, 0.2) is 82.6 Å². The Balaban J connectivity index is 1.55. The topological polar surface area (TPSA) is 55.4 Å². The smallest absolute Gasteiger partial charge is 0.416 e. The van der Waals surface area contributed by atoms with Gasteiger partial charge in [-0.25, -0.2) is 0 Å². The molecule has 9 heteroatoms. The second kappa shape index (κ2) is 10.6. The predicted octanol–water partition coefficient (Wildman–Crippen LogP) is 6.23. The van der Waals surface area contributed by atoms with Gasteiger partial charge in [0, 0.05) is 14.8 Å². The van der Waals surface area contributed by atoms with E-state index in [0.29, 0.717) is 10.7 Å². The lowest BCUT2D eigenvalue weighted by atomic mass is 10.1. The molecule has 0 spiro atoms. The summed E-state index contributed by atoms with van der Waals surface area (Å²) in [7, 11) is 0. The van der Waals surface area contributed by atoms with E-state index in [4.69, 9.17) is 16.3 Å². The van der Waals surface area contributed by atoms with Crippen LogP contribution in [-0.2, 0) is 26.9 Å². The number of anilines is 1. The van der Waals surface area contributed by atoms with Crippen molar-refractivity contribution < 1.29 is 27.5 Å². The number of nitrogens with one attached hydrogen (secondary N) is 1. The van der Waals surface area contributed by atoms with Crippen LogP contribution in [0.1, 0.15) is 11.1 Å². The van der Waals surface area contributed by atoms with E-state index in [-0.39, 0.29) is 12.0 Å². The summed E-state index contributed by atoms with van der Waals surface area (Å²) in [5, 5.41) is 3.29. The van der Waals surface area contributed by atoms with Crippen molar-refractivity contribution in [1.29, 1.82) is 0 Å². The Morgan fingerprint density at radius 1 is 0.969 bits per heavy atom. The first-order valence-corrected chi connectivity index (χ1v) is 10.5. The molecule has 0 fully saturated rings. The molecule has 0 radical (unpaired) electrons. The molecule has 3 rings (SSSR count). The maximum atomic E-state index is 12.8. The first kappa shape index (κ1) is 23.7. The monoisotopic (exact) mass is 479 g/mol. The number of halogens is 4. The van der Waals surface area contributed by atoms with Gasteiger partial charge in [0.15, 0.2) is 6.61 Å². The lowest BCUT2D eigenvalue weighted by Crippen LogP contribution is -2.22. The highest BCUT2D eigenvalue weighted by atomic mass is 35.5. The maximum absolute atomic E-state index is 12.8. The minimum atomic E-state index is -4.50. The van der Waals surface area contributed by atoms with Gasteiger partial charge in [0.05, 0.1) is 17.7 Å². The summed E-state index contributed by atoms with van der Waals surface area (Å²) in [4.78, 5) is 25.9. The van der Waals surface area contributed by atoms with Gasteiger partial charge in [0.25, 0.3) is 5.91 Å². The zero-order valence-electron chi connectivity index (χ0n) is 16.5. The number of ether oxygens (including phenoxy) is 1. The fraction of sp³-hybridized carbons (Fsp3) is 0.130. The first-order valence-electron chi connectivity index (χ1n) is 9.35. The number of rotatable bonds is 7. The molecule has 0 aliphatic rings. The molecular weight excluding hydrogens is 463 g/mol. The van der Waals surface area contributed by atoms with Crippen molar-refractivity contribution in [2.75, 3.05) is 11.9 Å². The highest BCUT2D eigenvalue weighted by molar-refractivity contribution is 7.99. The van der Waals surface area contributed by atoms with E-state index in [1.54, 1.807) is 24.3 Å². The predicted molar refractivity (Wildman–Crippen MR) is 117 cm³/mol. The third-order valence-corrected chi connectivity index (χ3v) is 5.51. The first-order chi connectivity index (χ1) is 15.2. The largest absolute Gasteiger partial charge is 0.455 e. The molecule has 1 amide bonds. The van der Waals surface area contributed by atoms with Crippen LogP contribution in [-0.4, -0.2) is 18.5 Å². The number of esters is 1. The molecule has 0 saturated heterocycles. The van der Waals surface area contributed by atoms with Crippen LogP contribution < -0.4 is 5.32 Å². The van der Waals surface area contributed by atoms with Crippen molar-refractivity contribution >= 4 is 40.9 Å². The number of hydrogen-bond acceptors (Lipinski definition) is 4. The summed E-state index contributed by atoms with van der Waals surface area (Å²) in [6, 6.07) is 18.7. The Bertz CT molecular complexity index is 1100. The second-order valence-electron chi connectivity index (χ2n) is 6.64. The number of carbonyl (C=O) groups excluding carboxylic acids is 2. The van der Waals surface area contributed by atoms with Crippen molar-refractivity contribution in [2.24, 2.45) is 0 Å². The van der Waals surface area contributed by atoms with Crippen molar-refractivity contribution in [3.05, 3.63) is 88.9 Å². The van der Waals surface area contributed by atoms with E-state index in [2.05, 4.69) is 5.32 Å². The van der Waals surface area contributed by atoms with Gasteiger partial charge in [0.2, 0.25) is 0 Å². The third kappa shape index (κ3) is 7.03. The van der Waals surface area contributed by atoms with E-state index in [0.717, 1.165) is 21.9 Å². The molecule has 3 aromatic rings. The average molecular weight is 480 g/mol. The molecule has 32 heavy (non-hydrogen) atoms. The number of para-hydroxylation sites is 1. The molecule has 0 aliphatic heterocycles. The Kier molecular flexibility index (Phi) is 7.82. The lowest BCUT2D eigenvalue weighted by molar-refractivity contribution is -0.146. The summed E-state index contributed by atoms with van der Waals surface area (Å²) in [6.45, 7) is -0.558. The number of benzene rings is 3. The molecule has 0 unspecified atom stereocenters. The summed E-state index contributed by atoms with van der Waals surface area (Å²) >= 11 is 7.32. The average Bonchev–Trinajstić information content (AvgIpc) is 2.75. The van der Waals surface area contributed by atoms with E-state index in [1.165, 1.54) is 23.9 Å². The summed E-state index contributed by atoms with van der Waals surface area (Å²) in [5.41, 5.74) is -0.170. The van der Waals surface area contributed by atoms with Crippen molar-refractivity contribution in [3.63, 3.8) is 0 Å². The quantitative estimate of drug-likeness (QED) is 0.408. The van der Waals surface area contributed by atoms with Crippen LogP contribution in [0.2, 0.25) is 5.02 Å². The molecule has 0 heterocycles. The van der Waals surface area contributed by atoms with Crippen molar-refractivity contribution in [3.8, 4) is 0 Å². The Hall–Kier alpha value is -2.97. The van der Waals surface area contributed by atoms with Gasteiger partial charge < -0.3 is 10.1 Å². The van der Waals surface area contributed by atoms with Gasteiger partial charge in [0.1, 0.15) is 0 Å². The lowest BCUT2D eigenvalue weighted by Gasteiger charge is -2.11. The molecule has 0 bridgehead atoms. The summed E-state index contributed by atoms with van der Waals surface area (Å²) < 4.78 is 43.3. The maximum Gasteiger partial charge on any atom is 0.416 e. The second-order valence-corrected chi connectivity index (χ2v) is 8.19. The van der Waals surface area contributed by atoms with Gasteiger partial charge in [-0.05, 0) is 48.0 Å². The van der Waals surface area contributed by atoms with Crippen LogP contribution in [0.4, 0.5) is 18.9 Å². The molecule has 0 aliphatic carbocycles. The van der Waals surface area contributed by atoms with Gasteiger partial charge in [-0.1, -0.05) is 53.7 Å². The van der Waals surface area contributed by atoms with Crippen LogP contribution in [0.25, 0.3) is 0 Å². The van der Waals surface area contributed by atoms with E-state index < -0.39 is 30.2 Å². The number of alkyl halides is 3. The zero-order chi connectivity index (χ0) is 23.1. The van der Waals surface area contributed by atoms with Crippen LogP contribution >= 0.6 is 23.4 Å². The molecule has 0 atom stereocenters. The standard InChI is InChI=1S/C23H17ClF3NO3S/c24-17-8-10-18(11-9-17)32-20-7-2-1-6-19(20)28-21(29)14-31-22(30)13-15-4-3-5-16(12-15)23(25,26)27/h1-12H,13-14H2,(H,28,29). The zero-order valence-corrected chi connectivity index (χ0v) is 18.1. The van der Waals surface area contributed by atoms with Crippen molar-refractivity contribution in [1.82, 2.24) is 0 Å². The van der Waals surface area contributed by atoms with Gasteiger partial charge >= 0.3 is 12.1 Å². The van der Waals surface area contributed by atoms with Gasteiger partial charge in [-0.2, -0.15) is 13.2 Å². The summed E-state index contributed by atoms with van der Waals surface area (Å²) in [5.74, 6) is -1.37. The van der Waals surface area contributed by atoms with E-state index in [1.807, 2.05) is 24.3 Å². The minimum absolute atomic E-state index is 0.148. The fourth-order valence-electron chi connectivity index (χ4n) is 2.70. The molecule has 166 valence electrons. The van der Waals surface area contributed by atoms with Gasteiger partial charge in [-0.3, -0.25) is 9.59 Å².